The number of aromatic nitrogens is 1. The highest BCUT2D eigenvalue weighted by Gasteiger charge is 2.40. The summed E-state index contributed by atoms with van der Waals surface area (Å²) in [6, 6.07) is 7.48. The molecule has 2 aromatic rings. The highest BCUT2D eigenvalue weighted by molar-refractivity contribution is 7.89. The molecule has 0 radical (unpaired) electrons. The minimum Gasteiger partial charge on any atom is -0.468 e. The minimum atomic E-state index is -4.10. The van der Waals surface area contributed by atoms with E-state index in [1.807, 2.05) is 4.90 Å². The second-order valence-electron chi connectivity index (χ2n) is 7.40. The molecule has 1 aliphatic heterocycles. The Morgan fingerprint density at radius 2 is 2.03 bits per heavy atom. The summed E-state index contributed by atoms with van der Waals surface area (Å²) in [5, 5.41) is 11.8. The first kappa shape index (κ1) is 24.1. The molecule has 2 heterocycles. The molecule has 10 nitrogen and oxygen atoms in total. The van der Waals surface area contributed by atoms with Gasteiger partial charge in [-0.15, -0.1) is 0 Å². The van der Waals surface area contributed by atoms with Gasteiger partial charge in [0.1, 0.15) is 6.04 Å². The third kappa shape index (κ3) is 5.07. The van der Waals surface area contributed by atoms with Crippen molar-refractivity contribution in [1.82, 2.24) is 14.2 Å². The lowest BCUT2D eigenvalue weighted by atomic mass is 10.1. The highest BCUT2D eigenvalue weighted by atomic mass is 35.5. The van der Waals surface area contributed by atoms with Crippen LogP contribution in [-0.4, -0.2) is 72.3 Å². The third-order valence-corrected chi connectivity index (χ3v) is 7.64. The van der Waals surface area contributed by atoms with Crippen LogP contribution in [0.2, 0.25) is 5.02 Å². The van der Waals surface area contributed by atoms with E-state index in [4.69, 9.17) is 16.3 Å². The number of carbonyl (C=O) groups is 1. The summed E-state index contributed by atoms with van der Waals surface area (Å²) in [5.41, 5.74) is 0.177. The Hall–Kier alpha value is -2.60. The quantitative estimate of drug-likeness (QED) is 0.334. The van der Waals surface area contributed by atoms with Gasteiger partial charge in [-0.2, -0.15) is 4.31 Å². The number of sulfonamides is 1. The molecule has 3 rings (SSSR count). The van der Waals surface area contributed by atoms with Crippen LogP contribution in [0.15, 0.2) is 47.5 Å². The Balaban J connectivity index is 1.81. The molecule has 0 bridgehead atoms. The van der Waals surface area contributed by atoms with Gasteiger partial charge in [0.15, 0.2) is 4.90 Å². The largest absolute Gasteiger partial charge is 0.468 e. The second-order valence-corrected chi connectivity index (χ2v) is 9.69. The summed E-state index contributed by atoms with van der Waals surface area (Å²) in [7, 11) is -2.81. The smallest absolute Gasteiger partial charge is 0.323 e. The zero-order valence-corrected chi connectivity index (χ0v) is 19.1. The Labute approximate surface area is 190 Å². The number of hydrogen-bond acceptors (Lipinski definition) is 8. The predicted octanol–water partition coefficient (Wildman–Crippen LogP) is 2.12. The fourth-order valence-corrected chi connectivity index (χ4v) is 5.67. The molecule has 0 amide bonds. The lowest BCUT2D eigenvalue weighted by Crippen LogP contribution is -2.58. The number of para-hydroxylation sites is 1. The fraction of sp³-hybridized carbons (Fsp3) is 0.400. The first-order valence-electron chi connectivity index (χ1n) is 9.82. The van der Waals surface area contributed by atoms with Crippen LogP contribution < -0.4 is 0 Å². The molecule has 2 atom stereocenters. The van der Waals surface area contributed by atoms with E-state index in [1.54, 1.807) is 19.1 Å². The summed E-state index contributed by atoms with van der Waals surface area (Å²) < 4.78 is 32.6. The van der Waals surface area contributed by atoms with Crippen molar-refractivity contribution in [2.75, 3.05) is 26.7 Å². The lowest BCUT2D eigenvalue weighted by molar-refractivity contribution is -0.387. The molecule has 0 spiro atoms. The van der Waals surface area contributed by atoms with E-state index in [9.17, 15) is 23.3 Å². The first-order chi connectivity index (χ1) is 15.1. The second kappa shape index (κ2) is 9.90. The molecule has 0 N–H and O–H groups in total. The van der Waals surface area contributed by atoms with Crippen molar-refractivity contribution in [2.24, 2.45) is 0 Å². The summed E-state index contributed by atoms with van der Waals surface area (Å²) in [5.74, 6) is -0.455. The van der Waals surface area contributed by atoms with Gasteiger partial charge in [-0.25, -0.2) is 8.42 Å². The minimum absolute atomic E-state index is 0.0666. The van der Waals surface area contributed by atoms with Crippen molar-refractivity contribution in [1.29, 1.82) is 0 Å². The van der Waals surface area contributed by atoms with Crippen LogP contribution in [0.4, 0.5) is 5.69 Å². The molecule has 1 aromatic carbocycles. The molecule has 0 saturated carbocycles. The molecule has 0 unspecified atom stereocenters. The van der Waals surface area contributed by atoms with Gasteiger partial charge in [-0.05, 0) is 25.1 Å². The zero-order valence-electron chi connectivity index (χ0n) is 17.5. The van der Waals surface area contributed by atoms with Gasteiger partial charge in [-0.1, -0.05) is 23.7 Å². The molecular weight excluding hydrogens is 460 g/mol. The number of nitro groups is 1. The maximum absolute atomic E-state index is 13.2. The van der Waals surface area contributed by atoms with Crippen molar-refractivity contribution >= 4 is 33.3 Å². The number of rotatable bonds is 7. The number of hydrogen-bond donors (Lipinski definition) is 0. The van der Waals surface area contributed by atoms with Crippen LogP contribution >= 0.6 is 11.6 Å². The summed E-state index contributed by atoms with van der Waals surface area (Å²) in [6.45, 7) is 2.26. The number of pyridine rings is 1. The molecule has 172 valence electrons. The van der Waals surface area contributed by atoms with Crippen molar-refractivity contribution in [3.63, 3.8) is 0 Å². The van der Waals surface area contributed by atoms with Gasteiger partial charge >= 0.3 is 5.97 Å². The van der Waals surface area contributed by atoms with E-state index in [1.165, 1.54) is 41.9 Å². The lowest BCUT2D eigenvalue weighted by Gasteiger charge is -2.41. The molecule has 1 fully saturated rings. The van der Waals surface area contributed by atoms with E-state index in [0.717, 1.165) is 0 Å². The zero-order chi connectivity index (χ0) is 23.5. The van der Waals surface area contributed by atoms with E-state index in [0.29, 0.717) is 10.7 Å². The number of halogens is 1. The number of nitro benzene ring substituents is 1. The summed E-state index contributed by atoms with van der Waals surface area (Å²) >= 11 is 5.88. The van der Waals surface area contributed by atoms with Crippen LogP contribution in [0.1, 0.15) is 12.6 Å². The van der Waals surface area contributed by atoms with Gasteiger partial charge in [0.05, 0.1) is 17.1 Å². The number of piperazine rings is 1. The van der Waals surface area contributed by atoms with Crippen LogP contribution in [-0.2, 0) is 26.0 Å². The molecule has 0 aliphatic carbocycles. The standard InChI is InChI=1S/C20H23ClN4O6S/c1-14-13-23(18(20(26)31-2)11-16-8-7-15(21)12-22-16)9-10-24(14)32(29,30)19-6-4-3-5-17(19)25(27)28/h3-8,12,14,18H,9-11,13H2,1-2H3/t14-,18-/m0/s1. The molecule has 12 heteroatoms. The summed E-state index contributed by atoms with van der Waals surface area (Å²) in [6.07, 6.45) is 1.76. The molecular formula is C20H23ClN4O6S. The monoisotopic (exact) mass is 482 g/mol. The number of methoxy groups -OCH3 is 1. The van der Waals surface area contributed by atoms with Crippen molar-refractivity contribution in [2.45, 2.75) is 30.3 Å². The SMILES string of the molecule is COC(=O)[C@H](Cc1ccc(Cl)cn1)N1CCN(S(=O)(=O)c2ccccc2[N+](=O)[O-])[C@@H](C)C1. The Morgan fingerprint density at radius 3 is 2.62 bits per heavy atom. The molecule has 1 aromatic heterocycles. The summed E-state index contributed by atoms with van der Waals surface area (Å²) in [4.78, 5) is 28.8. The van der Waals surface area contributed by atoms with Crippen LogP contribution in [0.5, 0.6) is 0 Å². The molecule has 32 heavy (non-hydrogen) atoms. The maximum Gasteiger partial charge on any atom is 0.323 e. The highest BCUT2D eigenvalue weighted by Crippen LogP contribution is 2.29. The van der Waals surface area contributed by atoms with Gasteiger partial charge in [-0.3, -0.25) is 24.8 Å². The van der Waals surface area contributed by atoms with E-state index in [2.05, 4.69) is 4.98 Å². The van der Waals surface area contributed by atoms with Gasteiger partial charge in [0, 0.05) is 50.1 Å². The third-order valence-electron chi connectivity index (χ3n) is 5.35. The number of nitrogens with zero attached hydrogens (tertiary/aromatic N) is 4. The Bertz CT molecular complexity index is 1100. The molecule has 1 saturated heterocycles. The average Bonchev–Trinajstić information content (AvgIpc) is 2.77. The van der Waals surface area contributed by atoms with Crippen molar-refractivity contribution in [3.05, 3.63) is 63.4 Å². The van der Waals surface area contributed by atoms with E-state index >= 15 is 0 Å². The predicted molar refractivity (Wildman–Crippen MR) is 117 cm³/mol. The maximum atomic E-state index is 13.2. The normalized spacial score (nSPS) is 18.8. The number of carbonyl (C=O) groups excluding carboxylic acids is 1. The van der Waals surface area contributed by atoms with Gasteiger partial charge in [0.25, 0.3) is 5.69 Å². The van der Waals surface area contributed by atoms with Crippen molar-refractivity contribution in [3.8, 4) is 0 Å². The fourth-order valence-electron chi connectivity index (χ4n) is 3.78. The van der Waals surface area contributed by atoms with Crippen molar-refractivity contribution < 1.29 is 22.9 Å². The van der Waals surface area contributed by atoms with Gasteiger partial charge < -0.3 is 4.74 Å². The van der Waals surface area contributed by atoms with Crippen LogP contribution in [0.25, 0.3) is 0 Å². The number of esters is 1. The van der Waals surface area contributed by atoms with E-state index < -0.39 is 38.7 Å². The average molecular weight is 483 g/mol. The Morgan fingerprint density at radius 1 is 1.31 bits per heavy atom. The van der Waals surface area contributed by atoms with E-state index in [-0.39, 0.29) is 31.0 Å². The topological polar surface area (TPSA) is 123 Å². The first-order valence-corrected chi connectivity index (χ1v) is 11.6. The van der Waals surface area contributed by atoms with Crippen LogP contribution in [0, 0.1) is 10.1 Å². The number of ether oxygens (including phenoxy) is 1. The number of benzene rings is 1. The van der Waals surface area contributed by atoms with Crippen LogP contribution in [0.3, 0.4) is 0 Å². The molecule has 1 aliphatic rings. The Kier molecular flexibility index (Phi) is 7.44. The van der Waals surface area contributed by atoms with Gasteiger partial charge in [0.2, 0.25) is 10.0 Å².